The molecule has 86 valence electrons. The van der Waals surface area contributed by atoms with E-state index in [0.717, 1.165) is 11.1 Å². The Morgan fingerprint density at radius 1 is 1.24 bits per heavy atom. The highest BCUT2D eigenvalue weighted by molar-refractivity contribution is 6.10. The maximum atomic E-state index is 12.3. The molecule has 2 aromatic rings. The first kappa shape index (κ1) is 11.3. The van der Waals surface area contributed by atoms with Crippen molar-refractivity contribution >= 4 is 11.5 Å². The molecule has 0 aliphatic carbocycles. The van der Waals surface area contributed by atoms with Gasteiger partial charge in [0.05, 0.1) is 0 Å². The Balaban J connectivity index is 2.48. The van der Waals surface area contributed by atoms with Crippen LogP contribution in [0.3, 0.4) is 0 Å². The number of hydrogen-bond acceptors (Lipinski definition) is 3. The molecule has 3 heteroatoms. The van der Waals surface area contributed by atoms with E-state index in [2.05, 4.69) is 4.98 Å². The SMILES string of the molecule is Cc1cncc(C(=O)c2cccc(N)c2C)c1. The van der Waals surface area contributed by atoms with E-state index in [-0.39, 0.29) is 5.78 Å². The molecule has 3 nitrogen and oxygen atoms in total. The summed E-state index contributed by atoms with van der Waals surface area (Å²) < 4.78 is 0. The largest absolute Gasteiger partial charge is 0.398 e. The van der Waals surface area contributed by atoms with Gasteiger partial charge in [-0.25, -0.2) is 0 Å². The quantitative estimate of drug-likeness (QED) is 0.632. The number of nitrogens with zero attached hydrogens (tertiary/aromatic N) is 1. The number of anilines is 1. The van der Waals surface area contributed by atoms with E-state index in [1.165, 1.54) is 0 Å². The third-order valence-corrected chi connectivity index (χ3v) is 2.76. The average molecular weight is 226 g/mol. The Labute approximate surface area is 100 Å². The second kappa shape index (κ2) is 4.37. The number of ketones is 1. The highest BCUT2D eigenvalue weighted by Gasteiger charge is 2.13. The molecule has 1 aromatic heterocycles. The Morgan fingerprint density at radius 3 is 2.71 bits per heavy atom. The number of hydrogen-bond donors (Lipinski definition) is 1. The van der Waals surface area contributed by atoms with E-state index in [0.29, 0.717) is 16.8 Å². The number of aryl methyl sites for hydroxylation is 1. The second-order valence-electron chi connectivity index (χ2n) is 4.10. The summed E-state index contributed by atoms with van der Waals surface area (Å²) in [5, 5.41) is 0. The summed E-state index contributed by atoms with van der Waals surface area (Å²) in [4.78, 5) is 16.3. The summed E-state index contributed by atoms with van der Waals surface area (Å²) >= 11 is 0. The van der Waals surface area contributed by atoms with Crippen LogP contribution in [0, 0.1) is 13.8 Å². The lowest BCUT2D eigenvalue weighted by molar-refractivity contribution is 0.103. The van der Waals surface area contributed by atoms with Gasteiger partial charge in [0.25, 0.3) is 0 Å². The van der Waals surface area contributed by atoms with Crippen LogP contribution in [0.2, 0.25) is 0 Å². The van der Waals surface area contributed by atoms with Gasteiger partial charge in [-0.2, -0.15) is 0 Å². The first-order valence-electron chi connectivity index (χ1n) is 5.41. The summed E-state index contributed by atoms with van der Waals surface area (Å²) in [6.45, 7) is 3.77. The predicted molar refractivity (Wildman–Crippen MR) is 68.0 cm³/mol. The van der Waals surface area contributed by atoms with Gasteiger partial charge in [0.15, 0.2) is 5.78 Å². The molecule has 0 bridgehead atoms. The van der Waals surface area contributed by atoms with Crippen LogP contribution in [-0.4, -0.2) is 10.8 Å². The standard InChI is InChI=1S/C14H14N2O/c1-9-6-11(8-16-7-9)14(17)12-4-3-5-13(15)10(12)2/h3-8H,15H2,1-2H3. The van der Waals surface area contributed by atoms with Crippen LogP contribution in [0.1, 0.15) is 27.0 Å². The van der Waals surface area contributed by atoms with Crippen molar-refractivity contribution in [2.75, 3.05) is 5.73 Å². The molecule has 17 heavy (non-hydrogen) atoms. The maximum Gasteiger partial charge on any atom is 0.194 e. The van der Waals surface area contributed by atoms with Crippen molar-refractivity contribution in [3.05, 3.63) is 58.9 Å². The molecule has 2 N–H and O–H groups in total. The number of carbonyl (C=O) groups excluding carboxylic acids is 1. The van der Waals surface area contributed by atoms with Crippen LogP contribution >= 0.6 is 0 Å². The Morgan fingerprint density at radius 2 is 2.00 bits per heavy atom. The van der Waals surface area contributed by atoms with Gasteiger partial charge in [-0.15, -0.1) is 0 Å². The molecule has 0 radical (unpaired) electrons. The molecule has 0 spiro atoms. The fourth-order valence-corrected chi connectivity index (χ4v) is 1.73. The Kier molecular flexibility index (Phi) is 2.91. The summed E-state index contributed by atoms with van der Waals surface area (Å²) in [5.41, 5.74) is 9.46. The minimum absolute atomic E-state index is 0.0361. The van der Waals surface area contributed by atoms with E-state index in [1.807, 2.05) is 19.9 Å². The first-order chi connectivity index (χ1) is 8.09. The lowest BCUT2D eigenvalue weighted by Crippen LogP contribution is -2.06. The number of rotatable bonds is 2. The topological polar surface area (TPSA) is 56.0 Å². The van der Waals surface area contributed by atoms with Crippen molar-refractivity contribution in [3.8, 4) is 0 Å². The minimum atomic E-state index is -0.0361. The van der Waals surface area contributed by atoms with E-state index in [9.17, 15) is 4.79 Å². The smallest absolute Gasteiger partial charge is 0.194 e. The summed E-state index contributed by atoms with van der Waals surface area (Å²) in [6, 6.07) is 7.20. The fourth-order valence-electron chi connectivity index (χ4n) is 1.73. The van der Waals surface area contributed by atoms with Gasteiger partial charge in [0, 0.05) is 29.2 Å². The number of benzene rings is 1. The van der Waals surface area contributed by atoms with Crippen molar-refractivity contribution in [3.63, 3.8) is 0 Å². The van der Waals surface area contributed by atoms with Crippen molar-refractivity contribution in [2.45, 2.75) is 13.8 Å². The van der Waals surface area contributed by atoms with Crippen LogP contribution in [0.4, 0.5) is 5.69 Å². The molecule has 0 unspecified atom stereocenters. The summed E-state index contributed by atoms with van der Waals surface area (Å²) in [6.07, 6.45) is 3.31. The van der Waals surface area contributed by atoms with Crippen molar-refractivity contribution in [2.24, 2.45) is 0 Å². The fraction of sp³-hybridized carbons (Fsp3) is 0.143. The molecule has 0 atom stereocenters. The van der Waals surface area contributed by atoms with Gasteiger partial charge in [-0.3, -0.25) is 9.78 Å². The molecule has 1 aromatic carbocycles. The van der Waals surface area contributed by atoms with Crippen molar-refractivity contribution < 1.29 is 4.79 Å². The highest BCUT2D eigenvalue weighted by atomic mass is 16.1. The number of pyridine rings is 1. The molecule has 0 saturated carbocycles. The van der Waals surface area contributed by atoms with Crippen LogP contribution in [0.25, 0.3) is 0 Å². The number of carbonyl (C=O) groups is 1. The third kappa shape index (κ3) is 2.18. The van der Waals surface area contributed by atoms with Gasteiger partial charge in [-0.05, 0) is 37.1 Å². The van der Waals surface area contributed by atoms with Gasteiger partial charge < -0.3 is 5.73 Å². The molecule has 0 fully saturated rings. The molecule has 0 saturated heterocycles. The lowest BCUT2D eigenvalue weighted by atomic mass is 9.98. The zero-order chi connectivity index (χ0) is 12.4. The van der Waals surface area contributed by atoms with Crippen LogP contribution in [0.5, 0.6) is 0 Å². The minimum Gasteiger partial charge on any atom is -0.398 e. The van der Waals surface area contributed by atoms with Crippen LogP contribution < -0.4 is 5.73 Å². The highest BCUT2D eigenvalue weighted by Crippen LogP contribution is 2.19. The second-order valence-corrected chi connectivity index (χ2v) is 4.10. The van der Waals surface area contributed by atoms with Crippen LogP contribution in [0.15, 0.2) is 36.7 Å². The Hall–Kier alpha value is -2.16. The normalized spacial score (nSPS) is 10.2. The number of aromatic nitrogens is 1. The summed E-state index contributed by atoms with van der Waals surface area (Å²) in [5.74, 6) is -0.0361. The molecule has 0 aliphatic rings. The van der Waals surface area contributed by atoms with Gasteiger partial charge in [0.1, 0.15) is 0 Å². The number of nitrogen functional groups attached to an aromatic ring is 1. The molecule has 1 heterocycles. The van der Waals surface area contributed by atoms with E-state index in [1.54, 1.807) is 30.6 Å². The predicted octanol–water partition coefficient (Wildman–Crippen LogP) is 2.51. The van der Waals surface area contributed by atoms with Crippen molar-refractivity contribution in [1.29, 1.82) is 0 Å². The van der Waals surface area contributed by atoms with E-state index < -0.39 is 0 Å². The van der Waals surface area contributed by atoms with Crippen LogP contribution in [-0.2, 0) is 0 Å². The Bertz CT molecular complexity index is 576. The maximum absolute atomic E-state index is 12.3. The van der Waals surface area contributed by atoms with Gasteiger partial charge in [0.2, 0.25) is 0 Å². The zero-order valence-electron chi connectivity index (χ0n) is 9.90. The summed E-state index contributed by atoms with van der Waals surface area (Å²) in [7, 11) is 0. The molecular formula is C14H14N2O. The molecule has 0 amide bonds. The van der Waals surface area contributed by atoms with Gasteiger partial charge >= 0.3 is 0 Å². The lowest BCUT2D eigenvalue weighted by Gasteiger charge is -2.07. The number of nitrogens with two attached hydrogens (primary N) is 1. The molecule has 2 rings (SSSR count). The monoisotopic (exact) mass is 226 g/mol. The van der Waals surface area contributed by atoms with Gasteiger partial charge in [-0.1, -0.05) is 12.1 Å². The average Bonchev–Trinajstić information content (AvgIpc) is 2.32. The van der Waals surface area contributed by atoms with E-state index >= 15 is 0 Å². The first-order valence-corrected chi connectivity index (χ1v) is 5.41. The zero-order valence-corrected chi connectivity index (χ0v) is 9.90. The molecule has 0 aliphatic heterocycles. The third-order valence-electron chi connectivity index (χ3n) is 2.76. The van der Waals surface area contributed by atoms with Crippen molar-refractivity contribution in [1.82, 2.24) is 4.98 Å². The molecular weight excluding hydrogens is 212 g/mol. The van der Waals surface area contributed by atoms with E-state index in [4.69, 9.17) is 5.73 Å².